The second-order valence-corrected chi connectivity index (χ2v) is 5.78. The molecule has 1 aromatic heterocycles. The van der Waals surface area contributed by atoms with Gasteiger partial charge < -0.3 is 14.7 Å². The molecular formula is C15H21N5O2. The van der Waals surface area contributed by atoms with E-state index in [0.29, 0.717) is 30.6 Å². The molecule has 0 radical (unpaired) electrons. The number of nitrogens with zero attached hydrogens (tertiary/aromatic N) is 5. The fourth-order valence-corrected chi connectivity index (χ4v) is 3.23. The Morgan fingerprint density at radius 2 is 1.95 bits per heavy atom. The number of nitriles is 1. The summed E-state index contributed by atoms with van der Waals surface area (Å²) in [6, 6.07) is 2.55. The summed E-state index contributed by atoms with van der Waals surface area (Å²) in [5, 5.41) is 19.5. The molecule has 2 fully saturated rings. The van der Waals surface area contributed by atoms with E-state index >= 15 is 0 Å². The van der Waals surface area contributed by atoms with Crippen molar-refractivity contribution in [3.63, 3.8) is 0 Å². The van der Waals surface area contributed by atoms with Crippen LogP contribution in [0.25, 0.3) is 0 Å². The van der Waals surface area contributed by atoms with E-state index in [4.69, 9.17) is 4.74 Å². The number of rotatable bonds is 2. The molecule has 0 aromatic carbocycles. The molecule has 1 aromatic rings. The molecule has 1 atom stereocenters. The zero-order valence-corrected chi connectivity index (χ0v) is 12.6. The van der Waals surface area contributed by atoms with Crippen LogP contribution in [0.1, 0.15) is 18.5 Å². The molecule has 0 amide bonds. The van der Waals surface area contributed by atoms with Crippen LogP contribution in [0, 0.1) is 11.3 Å². The predicted molar refractivity (Wildman–Crippen MR) is 80.4 cm³/mol. The van der Waals surface area contributed by atoms with Crippen molar-refractivity contribution in [2.24, 2.45) is 0 Å². The molecule has 22 heavy (non-hydrogen) atoms. The van der Waals surface area contributed by atoms with Crippen molar-refractivity contribution < 1.29 is 9.84 Å². The quantitative estimate of drug-likeness (QED) is 0.823. The lowest BCUT2D eigenvalue weighted by molar-refractivity contribution is 0.0219. The summed E-state index contributed by atoms with van der Waals surface area (Å²) in [6.07, 6.45) is 4.68. The third-order valence-electron chi connectivity index (χ3n) is 4.33. The number of ether oxygens (including phenoxy) is 1. The number of β-amino-alcohol motifs (C(OH)–C–C–N with tert-alkyl or cyclic N) is 1. The van der Waals surface area contributed by atoms with Gasteiger partial charge in [0.2, 0.25) is 0 Å². The number of hydrogen-bond acceptors (Lipinski definition) is 7. The number of aromatic nitrogens is 2. The second kappa shape index (κ2) is 7.01. The topological polar surface area (TPSA) is 85.5 Å². The summed E-state index contributed by atoms with van der Waals surface area (Å²) in [4.78, 5) is 12.6. The van der Waals surface area contributed by atoms with Gasteiger partial charge in [0, 0.05) is 57.8 Å². The summed E-state index contributed by atoms with van der Waals surface area (Å²) in [6.45, 7) is 4.31. The van der Waals surface area contributed by atoms with Crippen molar-refractivity contribution in [1.82, 2.24) is 14.9 Å². The highest BCUT2D eigenvalue weighted by molar-refractivity contribution is 5.49. The normalized spacial score (nSPS) is 24.7. The van der Waals surface area contributed by atoms with E-state index in [1.54, 1.807) is 6.20 Å². The number of aliphatic hydroxyl groups is 1. The maximum atomic E-state index is 10.3. The van der Waals surface area contributed by atoms with Gasteiger partial charge in [-0.25, -0.2) is 9.97 Å². The molecule has 0 bridgehead atoms. The Morgan fingerprint density at radius 3 is 2.73 bits per heavy atom. The smallest absolute Gasteiger partial charge is 0.183 e. The zero-order valence-electron chi connectivity index (χ0n) is 12.6. The van der Waals surface area contributed by atoms with Crippen molar-refractivity contribution >= 4 is 5.82 Å². The van der Waals surface area contributed by atoms with Gasteiger partial charge in [0.25, 0.3) is 0 Å². The van der Waals surface area contributed by atoms with Crippen LogP contribution in [0.4, 0.5) is 5.82 Å². The summed E-state index contributed by atoms with van der Waals surface area (Å²) in [5.41, 5.74) is 0.314. The van der Waals surface area contributed by atoms with E-state index in [0.717, 1.165) is 39.1 Å². The predicted octanol–water partition coefficient (Wildman–Crippen LogP) is 0.0102. The second-order valence-electron chi connectivity index (χ2n) is 5.78. The molecule has 2 saturated heterocycles. The Morgan fingerprint density at radius 1 is 1.18 bits per heavy atom. The molecule has 2 aliphatic heterocycles. The fraction of sp³-hybridized carbons (Fsp3) is 0.667. The molecular weight excluding hydrogens is 282 g/mol. The Bertz CT molecular complexity index is 541. The minimum atomic E-state index is -0.459. The lowest BCUT2D eigenvalue weighted by Gasteiger charge is -2.33. The highest BCUT2D eigenvalue weighted by atomic mass is 16.5. The van der Waals surface area contributed by atoms with Gasteiger partial charge in [-0.05, 0) is 12.8 Å². The van der Waals surface area contributed by atoms with E-state index in [1.807, 2.05) is 4.90 Å². The van der Waals surface area contributed by atoms with Crippen molar-refractivity contribution in [2.75, 3.05) is 44.3 Å². The first-order valence-corrected chi connectivity index (χ1v) is 7.74. The van der Waals surface area contributed by atoms with E-state index in [-0.39, 0.29) is 0 Å². The molecule has 2 aliphatic rings. The molecule has 0 aliphatic carbocycles. The van der Waals surface area contributed by atoms with E-state index in [9.17, 15) is 10.4 Å². The maximum Gasteiger partial charge on any atom is 0.183 e. The largest absolute Gasteiger partial charge is 0.390 e. The highest BCUT2D eigenvalue weighted by Gasteiger charge is 2.28. The van der Waals surface area contributed by atoms with Gasteiger partial charge in [-0.1, -0.05) is 0 Å². The SMILES string of the molecule is N#Cc1nccnc1N1CCN(C2CCOCC2)C[C@H](O)C1. The van der Waals surface area contributed by atoms with Crippen LogP contribution >= 0.6 is 0 Å². The molecule has 1 N–H and O–H groups in total. The highest BCUT2D eigenvalue weighted by Crippen LogP contribution is 2.20. The average molecular weight is 303 g/mol. The van der Waals surface area contributed by atoms with Gasteiger partial charge in [-0.2, -0.15) is 5.26 Å². The molecule has 3 heterocycles. The number of anilines is 1. The summed E-state index contributed by atoms with van der Waals surface area (Å²) in [5.74, 6) is 0.567. The molecule has 0 saturated carbocycles. The van der Waals surface area contributed by atoms with Gasteiger partial charge in [0.1, 0.15) is 6.07 Å². The third kappa shape index (κ3) is 3.35. The monoisotopic (exact) mass is 303 g/mol. The minimum absolute atomic E-state index is 0.314. The van der Waals surface area contributed by atoms with Gasteiger partial charge in [-0.3, -0.25) is 4.90 Å². The Kier molecular flexibility index (Phi) is 4.83. The molecule has 118 valence electrons. The van der Waals surface area contributed by atoms with Crippen LogP contribution in [-0.2, 0) is 4.74 Å². The van der Waals surface area contributed by atoms with Crippen LogP contribution < -0.4 is 4.90 Å². The summed E-state index contributed by atoms with van der Waals surface area (Å²) in [7, 11) is 0. The van der Waals surface area contributed by atoms with Crippen LogP contribution in [0.15, 0.2) is 12.4 Å². The van der Waals surface area contributed by atoms with Gasteiger partial charge in [-0.15, -0.1) is 0 Å². The Hall–Kier alpha value is -1.75. The summed E-state index contributed by atoms with van der Waals surface area (Å²) >= 11 is 0. The van der Waals surface area contributed by atoms with Crippen molar-refractivity contribution in [3.8, 4) is 6.07 Å². The maximum absolute atomic E-state index is 10.3. The lowest BCUT2D eigenvalue weighted by Crippen LogP contribution is -2.43. The molecule has 7 nitrogen and oxygen atoms in total. The van der Waals surface area contributed by atoms with Crippen molar-refractivity contribution in [2.45, 2.75) is 25.0 Å². The zero-order chi connectivity index (χ0) is 15.4. The van der Waals surface area contributed by atoms with Crippen LogP contribution in [0.2, 0.25) is 0 Å². The number of hydrogen-bond donors (Lipinski definition) is 1. The first kappa shape index (κ1) is 15.2. The van der Waals surface area contributed by atoms with E-state index < -0.39 is 6.10 Å². The lowest BCUT2D eigenvalue weighted by atomic mass is 10.1. The van der Waals surface area contributed by atoms with Crippen LogP contribution in [0.5, 0.6) is 0 Å². The molecule has 7 heteroatoms. The molecule has 0 unspecified atom stereocenters. The van der Waals surface area contributed by atoms with E-state index in [1.165, 1.54) is 6.20 Å². The number of aliphatic hydroxyl groups excluding tert-OH is 1. The molecule has 3 rings (SSSR count). The average Bonchev–Trinajstić information content (AvgIpc) is 2.77. The first-order chi connectivity index (χ1) is 10.8. The van der Waals surface area contributed by atoms with Gasteiger partial charge >= 0.3 is 0 Å². The van der Waals surface area contributed by atoms with Crippen LogP contribution in [0.3, 0.4) is 0 Å². The third-order valence-corrected chi connectivity index (χ3v) is 4.33. The van der Waals surface area contributed by atoms with E-state index in [2.05, 4.69) is 20.9 Å². The van der Waals surface area contributed by atoms with Crippen molar-refractivity contribution in [3.05, 3.63) is 18.1 Å². The summed E-state index contributed by atoms with van der Waals surface area (Å²) < 4.78 is 5.42. The van der Waals surface area contributed by atoms with Gasteiger partial charge in [0.15, 0.2) is 11.5 Å². The Labute approximate surface area is 130 Å². The van der Waals surface area contributed by atoms with Crippen LogP contribution in [-0.4, -0.2) is 71.5 Å². The molecule has 0 spiro atoms. The fourth-order valence-electron chi connectivity index (χ4n) is 3.23. The minimum Gasteiger partial charge on any atom is -0.390 e. The Balaban J connectivity index is 1.72. The first-order valence-electron chi connectivity index (χ1n) is 7.74. The standard InChI is InChI=1S/C15H21N5O2/c16-9-14-15(18-4-3-17-14)20-6-5-19(10-13(21)11-20)12-1-7-22-8-2-12/h3-4,12-13,21H,1-2,5-8,10-11H2/t13-/m0/s1. The van der Waals surface area contributed by atoms with Gasteiger partial charge in [0.05, 0.1) is 6.10 Å². The van der Waals surface area contributed by atoms with Crippen molar-refractivity contribution in [1.29, 1.82) is 5.26 Å².